The minimum Gasteiger partial charge on any atom is -0.405 e. The van der Waals surface area contributed by atoms with Gasteiger partial charge in [-0.1, -0.05) is 24.3 Å². The summed E-state index contributed by atoms with van der Waals surface area (Å²) in [7, 11) is 0. The minimum atomic E-state index is -0.479. The summed E-state index contributed by atoms with van der Waals surface area (Å²) in [5.74, 6) is -0.479. The standard InChI is InChI=1S/C24H18FN5O/c25-20-16-18(17-9-13-27-14-10-17)6-7-22(20)30-15-11-23(31)24(29-30)21(8-12-26)28-19-4-2-1-3-5-19/h1-16H,26H2. The first-order chi connectivity index (χ1) is 15.2. The van der Waals surface area contributed by atoms with Crippen LogP contribution in [-0.4, -0.2) is 20.5 Å². The fourth-order valence-corrected chi connectivity index (χ4v) is 3.04. The third-order valence-corrected chi connectivity index (χ3v) is 4.52. The number of aromatic nitrogens is 3. The predicted octanol–water partition coefficient (Wildman–Crippen LogP) is 4.03. The summed E-state index contributed by atoms with van der Waals surface area (Å²) in [5, 5.41) is 4.34. The number of aliphatic imine (C=N–C) groups is 1. The molecule has 4 aromatic rings. The van der Waals surface area contributed by atoms with Gasteiger partial charge in [-0.15, -0.1) is 0 Å². The summed E-state index contributed by atoms with van der Waals surface area (Å²) in [6.07, 6.45) is 7.49. The van der Waals surface area contributed by atoms with Gasteiger partial charge in [0.25, 0.3) is 0 Å². The zero-order valence-electron chi connectivity index (χ0n) is 16.4. The highest BCUT2D eigenvalue weighted by atomic mass is 19.1. The number of nitrogens with zero attached hydrogens (tertiary/aromatic N) is 4. The Hall–Kier alpha value is -4.39. The molecule has 7 heteroatoms. The third-order valence-electron chi connectivity index (χ3n) is 4.52. The maximum atomic E-state index is 14.9. The van der Waals surface area contributed by atoms with Crippen molar-refractivity contribution in [3.63, 3.8) is 0 Å². The van der Waals surface area contributed by atoms with Gasteiger partial charge < -0.3 is 5.73 Å². The van der Waals surface area contributed by atoms with Crippen molar-refractivity contribution < 1.29 is 4.39 Å². The highest BCUT2D eigenvalue weighted by Crippen LogP contribution is 2.23. The fourth-order valence-electron chi connectivity index (χ4n) is 3.04. The number of halogens is 1. The molecule has 0 saturated carbocycles. The molecule has 0 radical (unpaired) electrons. The van der Waals surface area contributed by atoms with E-state index in [-0.39, 0.29) is 22.5 Å². The maximum Gasteiger partial charge on any atom is 0.209 e. The van der Waals surface area contributed by atoms with Crippen LogP contribution in [0.5, 0.6) is 0 Å². The van der Waals surface area contributed by atoms with Crippen LogP contribution in [0, 0.1) is 5.82 Å². The molecule has 0 aliphatic heterocycles. The fraction of sp³-hybridized carbons (Fsp3) is 0. The number of pyridine rings is 1. The highest BCUT2D eigenvalue weighted by molar-refractivity contribution is 6.08. The first-order valence-electron chi connectivity index (χ1n) is 9.48. The average Bonchev–Trinajstić information content (AvgIpc) is 2.80. The van der Waals surface area contributed by atoms with Gasteiger partial charge in [0, 0.05) is 24.7 Å². The summed E-state index contributed by atoms with van der Waals surface area (Å²) in [6, 6.07) is 18.9. The Balaban J connectivity index is 1.77. The smallest absolute Gasteiger partial charge is 0.209 e. The van der Waals surface area contributed by atoms with Gasteiger partial charge in [-0.2, -0.15) is 5.10 Å². The first kappa shape index (κ1) is 19.9. The lowest BCUT2D eigenvalue weighted by Crippen LogP contribution is -2.20. The quantitative estimate of drug-likeness (QED) is 0.503. The molecular formula is C24H18FN5O. The molecule has 0 atom stereocenters. The van der Waals surface area contributed by atoms with E-state index in [0.717, 1.165) is 5.56 Å². The molecule has 0 aliphatic carbocycles. The topological polar surface area (TPSA) is 86.2 Å². The molecule has 0 spiro atoms. The summed E-state index contributed by atoms with van der Waals surface area (Å²) < 4.78 is 16.2. The summed E-state index contributed by atoms with van der Waals surface area (Å²) in [5.41, 5.74) is 7.94. The van der Waals surface area contributed by atoms with Crippen LogP contribution >= 0.6 is 0 Å². The Morgan fingerprint density at radius 1 is 1.00 bits per heavy atom. The lowest BCUT2D eigenvalue weighted by molar-refractivity contribution is 0.608. The SMILES string of the molecule is NC=CC(=Nc1ccccc1)c1nn(-c2ccc(-c3ccncc3)cc2F)ccc1=O. The van der Waals surface area contributed by atoms with E-state index in [0.29, 0.717) is 11.3 Å². The van der Waals surface area contributed by atoms with Crippen molar-refractivity contribution in [2.75, 3.05) is 0 Å². The molecule has 2 heterocycles. The summed E-state index contributed by atoms with van der Waals surface area (Å²) in [4.78, 5) is 20.9. The zero-order chi connectivity index (χ0) is 21.6. The Morgan fingerprint density at radius 2 is 1.77 bits per heavy atom. The molecule has 0 fully saturated rings. The van der Waals surface area contributed by atoms with Crippen molar-refractivity contribution >= 4 is 11.4 Å². The van der Waals surface area contributed by atoms with Gasteiger partial charge in [-0.25, -0.2) is 14.1 Å². The zero-order valence-corrected chi connectivity index (χ0v) is 16.4. The minimum absolute atomic E-state index is 0.0608. The monoisotopic (exact) mass is 411 g/mol. The number of benzene rings is 2. The molecular weight excluding hydrogens is 393 g/mol. The molecule has 152 valence electrons. The highest BCUT2D eigenvalue weighted by Gasteiger charge is 2.12. The van der Waals surface area contributed by atoms with Crippen LogP contribution in [0.3, 0.4) is 0 Å². The number of hydrogen-bond acceptors (Lipinski definition) is 5. The second-order valence-electron chi connectivity index (χ2n) is 6.57. The van der Waals surface area contributed by atoms with Crippen molar-refractivity contribution in [3.05, 3.63) is 119 Å². The largest absolute Gasteiger partial charge is 0.405 e. The van der Waals surface area contributed by atoms with Crippen molar-refractivity contribution in [3.8, 4) is 16.8 Å². The molecule has 2 N–H and O–H groups in total. The molecule has 6 nitrogen and oxygen atoms in total. The van der Waals surface area contributed by atoms with E-state index in [1.165, 1.54) is 35.3 Å². The Bertz CT molecular complexity index is 1310. The second-order valence-corrected chi connectivity index (χ2v) is 6.57. The van der Waals surface area contributed by atoms with Gasteiger partial charge in [0.15, 0.2) is 5.69 Å². The normalized spacial score (nSPS) is 11.7. The van der Waals surface area contributed by atoms with Gasteiger partial charge in [-0.05, 0) is 59.8 Å². The van der Waals surface area contributed by atoms with Crippen LogP contribution in [-0.2, 0) is 0 Å². The van der Waals surface area contributed by atoms with E-state index in [4.69, 9.17) is 5.73 Å². The third kappa shape index (κ3) is 4.45. The van der Waals surface area contributed by atoms with E-state index >= 15 is 0 Å². The van der Waals surface area contributed by atoms with Gasteiger partial charge in [0.2, 0.25) is 5.43 Å². The first-order valence-corrected chi connectivity index (χ1v) is 9.48. The van der Waals surface area contributed by atoms with Crippen molar-refractivity contribution in [1.82, 2.24) is 14.8 Å². The second kappa shape index (κ2) is 8.96. The summed E-state index contributed by atoms with van der Waals surface area (Å²) in [6.45, 7) is 0. The Kier molecular flexibility index (Phi) is 5.75. The molecule has 4 rings (SSSR count). The average molecular weight is 411 g/mol. The molecule has 0 unspecified atom stereocenters. The molecule has 0 amide bonds. The molecule has 0 bridgehead atoms. The van der Waals surface area contributed by atoms with Crippen molar-refractivity contribution in [2.24, 2.45) is 10.7 Å². The lowest BCUT2D eigenvalue weighted by atomic mass is 10.1. The van der Waals surface area contributed by atoms with Gasteiger partial charge in [-0.3, -0.25) is 9.78 Å². The Morgan fingerprint density at radius 3 is 2.48 bits per heavy atom. The van der Waals surface area contributed by atoms with E-state index in [2.05, 4.69) is 15.1 Å². The predicted molar refractivity (Wildman–Crippen MR) is 119 cm³/mol. The molecule has 0 aliphatic rings. The molecule has 31 heavy (non-hydrogen) atoms. The number of rotatable bonds is 5. The molecule has 2 aromatic heterocycles. The van der Waals surface area contributed by atoms with E-state index in [1.807, 2.05) is 18.2 Å². The van der Waals surface area contributed by atoms with Crippen LogP contribution in [0.25, 0.3) is 16.8 Å². The number of allylic oxidation sites excluding steroid dienone is 1. The lowest BCUT2D eigenvalue weighted by Gasteiger charge is -2.10. The Labute approximate surface area is 177 Å². The van der Waals surface area contributed by atoms with E-state index in [9.17, 15) is 9.18 Å². The number of para-hydroxylation sites is 1. The van der Waals surface area contributed by atoms with E-state index in [1.54, 1.807) is 48.8 Å². The van der Waals surface area contributed by atoms with Crippen molar-refractivity contribution in [2.45, 2.75) is 0 Å². The van der Waals surface area contributed by atoms with Gasteiger partial charge in [0.05, 0.1) is 11.4 Å². The van der Waals surface area contributed by atoms with Crippen LogP contribution in [0.2, 0.25) is 0 Å². The van der Waals surface area contributed by atoms with Crippen LogP contribution in [0.15, 0.2) is 107 Å². The number of hydrogen-bond donors (Lipinski definition) is 1. The van der Waals surface area contributed by atoms with Gasteiger partial charge in [0.1, 0.15) is 11.5 Å². The van der Waals surface area contributed by atoms with Crippen molar-refractivity contribution in [1.29, 1.82) is 0 Å². The van der Waals surface area contributed by atoms with Crippen LogP contribution in [0.4, 0.5) is 10.1 Å². The molecule has 2 aromatic carbocycles. The molecule has 0 saturated heterocycles. The van der Waals surface area contributed by atoms with Crippen LogP contribution < -0.4 is 11.2 Å². The van der Waals surface area contributed by atoms with Gasteiger partial charge >= 0.3 is 0 Å². The van der Waals surface area contributed by atoms with Crippen LogP contribution in [0.1, 0.15) is 5.69 Å². The number of nitrogens with two attached hydrogens (primary N) is 1. The maximum absolute atomic E-state index is 14.9. The summed E-state index contributed by atoms with van der Waals surface area (Å²) >= 11 is 0. The van der Waals surface area contributed by atoms with E-state index < -0.39 is 5.82 Å².